The molecule has 0 saturated heterocycles. The Kier molecular flexibility index (Phi) is 11.8. The number of carbonyl (C=O) groups is 2. The second-order valence-electron chi connectivity index (χ2n) is 11.1. The van der Waals surface area contributed by atoms with Crippen molar-refractivity contribution in [3.05, 3.63) is 124 Å². The Morgan fingerprint density at radius 2 is 1.50 bits per heavy atom. The molecule has 10 heteroatoms. The lowest BCUT2D eigenvalue weighted by atomic mass is 10.0. The second-order valence-corrected chi connectivity index (χ2v) is 13.4. The van der Waals surface area contributed by atoms with Crippen LogP contribution in [0.2, 0.25) is 5.02 Å². The fourth-order valence-electron chi connectivity index (χ4n) is 5.02. The van der Waals surface area contributed by atoms with Crippen LogP contribution in [0.25, 0.3) is 0 Å². The highest BCUT2D eigenvalue weighted by Gasteiger charge is 2.35. The number of hydrogen-bond donors (Lipinski definition) is 1. The Labute approximate surface area is 277 Å². The zero-order chi connectivity index (χ0) is 33.3. The van der Waals surface area contributed by atoms with E-state index in [1.807, 2.05) is 75.4 Å². The van der Waals surface area contributed by atoms with Crippen molar-refractivity contribution in [1.82, 2.24) is 10.2 Å². The van der Waals surface area contributed by atoms with E-state index in [1.165, 1.54) is 30.2 Å². The minimum atomic E-state index is -4.30. The molecule has 2 amide bonds. The molecule has 1 atom stereocenters. The predicted molar refractivity (Wildman–Crippen MR) is 183 cm³/mol. The highest BCUT2D eigenvalue weighted by atomic mass is 35.5. The number of amides is 2. The number of sulfonamides is 1. The van der Waals surface area contributed by atoms with Gasteiger partial charge in [-0.05, 0) is 61.7 Å². The van der Waals surface area contributed by atoms with Crippen molar-refractivity contribution in [1.29, 1.82) is 0 Å². The first kappa shape index (κ1) is 34.5. The number of aryl methyl sites for hydroxylation is 2. The first-order valence-electron chi connectivity index (χ1n) is 15.1. The normalized spacial score (nSPS) is 11.8. The third-order valence-electron chi connectivity index (χ3n) is 7.59. The zero-order valence-electron chi connectivity index (χ0n) is 26.6. The van der Waals surface area contributed by atoms with Gasteiger partial charge in [0.15, 0.2) is 0 Å². The molecule has 8 nitrogen and oxygen atoms in total. The number of rotatable bonds is 14. The van der Waals surface area contributed by atoms with Crippen LogP contribution < -0.4 is 14.4 Å². The van der Waals surface area contributed by atoms with Crippen molar-refractivity contribution in [3.63, 3.8) is 0 Å². The summed E-state index contributed by atoms with van der Waals surface area (Å²) in [5.41, 5.74) is 3.70. The minimum absolute atomic E-state index is 0.000428. The molecular weight excluding hydrogens is 622 g/mol. The summed E-state index contributed by atoms with van der Waals surface area (Å²) >= 11 is 6.36. The maximum absolute atomic E-state index is 14.6. The van der Waals surface area contributed by atoms with E-state index in [9.17, 15) is 18.0 Å². The highest BCUT2D eigenvalue weighted by molar-refractivity contribution is 7.92. The van der Waals surface area contributed by atoms with E-state index in [0.29, 0.717) is 13.0 Å². The highest BCUT2D eigenvalue weighted by Crippen LogP contribution is 2.35. The number of benzene rings is 4. The van der Waals surface area contributed by atoms with Gasteiger partial charge in [0.2, 0.25) is 11.8 Å². The van der Waals surface area contributed by atoms with Crippen molar-refractivity contribution < 1.29 is 22.7 Å². The number of nitrogens with one attached hydrogen (secondary N) is 1. The van der Waals surface area contributed by atoms with E-state index in [4.69, 9.17) is 16.3 Å². The topological polar surface area (TPSA) is 96.0 Å². The lowest BCUT2D eigenvalue weighted by molar-refractivity contribution is -0.140. The average molecular weight is 662 g/mol. The van der Waals surface area contributed by atoms with Crippen molar-refractivity contribution in [3.8, 4) is 5.75 Å². The van der Waals surface area contributed by atoms with Gasteiger partial charge in [0, 0.05) is 24.5 Å². The number of ether oxygens (including phenoxy) is 1. The molecule has 1 N–H and O–H groups in total. The van der Waals surface area contributed by atoms with Gasteiger partial charge in [-0.3, -0.25) is 13.9 Å². The Morgan fingerprint density at radius 3 is 2.11 bits per heavy atom. The molecule has 242 valence electrons. The van der Waals surface area contributed by atoms with Crippen LogP contribution in [0.4, 0.5) is 5.69 Å². The van der Waals surface area contributed by atoms with E-state index in [2.05, 4.69) is 5.32 Å². The van der Waals surface area contributed by atoms with Gasteiger partial charge in [-0.2, -0.15) is 0 Å². The van der Waals surface area contributed by atoms with Crippen molar-refractivity contribution >= 4 is 39.1 Å². The second kappa shape index (κ2) is 15.8. The van der Waals surface area contributed by atoms with Gasteiger partial charge >= 0.3 is 0 Å². The summed E-state index contributed by atoms with van der Waals surface area (Å²) in [4.78, 5) is 29.8. The summed E-state index contributed by atoms with van der Waals surface area (Å²) < 4.78 is 35.1. The lowest BCUT2D eigenvalue weighted by Gasteiger charge is -2.34. The minimum Gasteiger partial charge on any atom is -0.495 e. The van der Waals surface area contributed by atoms with Gasteiger partial charge in [0.05, 0.1) is 17.7 Å². The van der Waals surface area contributed by atoms with E-state index < -0.39 is 28.5 Å². The molecule has 0 aliphatic heterocycles. The fourth-order valence-corrected chi connectivity index (χ4v) is 6.60. The average Bonchev–Trinajstić information content (AvgIpc) is 3.05. The molecule has 4 aromatic carbocycles. The molecule has 0 saturated carbocycles. The van der Waals surface area contributed by atoms with Gasteiger partial charge < -0.3 is 15.0 Å². The number of nitrogens with zero attached hydrogens (tertiary/aromatic N) is 2. The van der Waals surface area contributed by atoms with E-state index in [-0.39, 0.29) is 40.2 Å². The van der Waals surface area contributed by atoms with Crippen LogP contribution in [-0.4, -0.2) is 51.4 Å². The van der Waals surface area contributed by atoms with Gasteiger partial charge in [0.25, 0.3) is 10.0 Å². The number of methoxy groups -OCH3 is 1. The van der Waals surface area contributed by atoms with Crippen molar-refractivity contribution in [2.24, 2.45) is 0 Å². The van der Waals surface area contributed by atoms with Crippen LogP contribution in [0.5, 0.6) is 5.75 Å². The molecule has 0 spiro atoms. The molecule has 0 bridgehead atoms. The Balaban J connectivity index is 1.84. The van der Waals surface area contributed by atoms with Gasteiger partial charge in [-0.1, -0.05) is 96.4 Å². The monoisotopic (exact) mass is 661 g/mol. The number of carbonyl (C=O) groups excluding carboxylic acids is 2. The molecule has 0 aliphatic carbocycles. The standard InChI is InChI=1S/C36H40ClN3O5S/c1-5-21-38-36(42)33(22-28-9-7-6-8-10-28)39(24-29-15-11-26(2)12-16-29)35(41)25-40(32-23-30(37)17-20-34(32)45-4)46(43,44)31-18-13-27(3)14-19-31/h6-20,23,33H,5,21-22,24-25H2,1-4H3,(H,38,42)/t33-/m1/s1. The molecule has 0 heterocycles. The summed E-state index contributed by atoms with van der Waals surface area (Å²) in [6, 6.07) is 27.2. The van der Waals surface area contributed by atoms with Crippen LogP contribution in [-0.2, 0) is 32.6 Å². The fraction of sp³-hybridized carbons (Fsp3) is 0.278. The smallest absolute Gasteiger partial charge is 0.264 e. The molecule has 0 aliphatic rings. The van der Waals surface area contributed by atoms with E-state index in [1.54, 1.807) is 24.3 Å². The first-order valence-corrected chi connectivity index (χ1v) is 16.9. The third kappa shape index (κ3) is 8.68. The molecule has 0 fully saturated rings. The summed E-state index contributed by atoms with van der Waals surface area (Å²) in [7, 11) is -2.88. The van der Waals surface area contributed by atoms with Gasteiger partial charge in [-0.25, -0.2) is 8.42 Å². The van der Waals surface area contributed by atoms with Crippen LogP contribution in [0.1, 0.15) is 35.6 Å². The number of anilines is 1. The zero-order valence-corrected chi connectivity index (χ0v) is 28.1. The largest absolute Gasteiger partial charge is 0.495 e. The SMILES string of the molecule is CCCNC(=O)[C@@H](Cc1ccccc1)N(Cc1ccc(C)cc1)C(=O)CN(c1cc(Cl)ccc1OC)S(=O)(=O)c1ccc(C)cc1. The molecule has 4 rings (SSSR count). The third-order valence-corrected chi connectivity index (χ3v) is 9.60. The van der Waals surface area contributed by atoms with Gasteiger partial charge in [-0.15, -0.1) is 0 Å². The molecule has 46 heavy (non-hydrogen) atoms. The molecule has 0 radical (unpaired) electrons. The summed E-state index contributed by atoms with van der Waals surface area (Å²) in [6.45, 7) is 5.69. The van der Waals surface area contributed by atoms with Crippen LogP contribution in [0.3, 0.4) is 0 Å². The lowest BCUT2D eigenvalue weighted by Crippen LogP contribution is -2.53. The number of halogens is 1. The maximum Gasteiger partial charge on any atom is 0.264 e. The van der Waals surface area contributed by atoms with E-state index in [0.717, 1.165) is 26.6 Å². The molecule has 4 aromatic rings. The summed E-state index contributed by atoms with van der Waals surface area (Å²) in [5.74, 6) is -0.662. The summed E-state index contributed by atoms with van der Waals surface area (Å²) in [6.07, 6.45) is 0.950. The predicted octanol–water partition coefficient (Wildman–Crippen LogP) is 6.33. The molecule has 0 unspecified atom stereocenters. The van der Waals surface area contributed by atoms with Crippen LogP contribution in [0, 0.1) is 13.8 Å². The Hall–Kier alpha value is -4.34. The summed E-state index contributed by atoms with van der Waals surface area (Å²) in [5, 5.41) is 3.22. The van der Waals surface area contributed by atoms with Gasteiger partial charge in [0.1, 0.15) is 18.3 Å². The van der Waals surface area contributed by atoms with Crippen LogP contribution >= 0.6 is 11.6 Å². The van der Waals surface area contributed by atoms with Crippen molar-refractivity contribution in [2.45, 2.75) is 51.1 Å². The first-order chi connectivity index (χ1) is 22.0. The molecular formula is C36H40ClN3O5S. The maximum atomic E-state index is 14.6. The quantitative estimate of drug-likeness (QED) is 0.171. The molecule has 0 aromatic heterocycles. The Bertz CT molecular complexity index is 1730. The van der Waals surface area contributed by atoms with Crippen molar-refractivity contribution in [2.75, 3.05) is 24.5 Å². The Morgan fingerprint density at radius 1 is 0.870 bits per heavy atom. The van der Waals surface area contributed by atoms with Crippen LogP contribution in [0.15, 0.2) is 102 Å². The number of hydrogen-bond acceptors (Lipinski definition) is 5. The van der Waals surface area contributed by atoms with E-state index >= 15 is 0 Å².